The molecule has 7 nitrogen and oxygen atoms in total. The van der Waals surface area contributed by atoms with Crippen LogP contribution < -0.4 is 10.6 Å². The fourth-order valence-electron chi connectivity index (χ4n) is 2.28. The number of aryl methyl sites for hydroxylation is 1. The summed E-state index contributed by atoms with van der Waals surface area (Å²) in [6, 6.07) is 9.76. The molecule has 0 unspecified atom stereocenters. The number of anilines is 2. The second kappa shape index (κ2) is 8.07. The average molecular weight is 418 g/mol. The molecule has 10 heteroatoms. The van der Waals surface area contributed by atoms with Gasteiger partial charge in [-0.2, -0.15) is 0 Å². The summed E-state index contributed by atoms with van der Waals surface area (Å²) >= 11 is 4.23. The van der Waals surface area contributed by atoms with Gasteiger partial charge in [-0.15, -0.1) is 10.2 Å². The van der Waals surface area contributed by atoms with Gasteiger partial charge in [-0.3, -0.25) is 4.79 Å². The van der Waals surface area contributed by atoms with Crippen molar-refractivity contribution in [2.24, 2.45) is 0 Å². The summed E-state index contributed by atoms with van der Waals surface area (Å²) in [7, 11) is 0. The van der Waals surface area contributed by atoms with Crippen molar-refractivity contribution in [2.75, 3.05) is 16.4 Å². The minimum Gasteiger partial charge on any atom is -0.467 e. The topological polar surface area (TPSA) is 92.9 Å². The molecule has 1 amide bonds. The van der Waals surface area contributed by atoms with E-state index in [-0.39, 0.29) is 11.7 Å². The zero-order valence-electron chi connectivity index (χ0n) is 14.3. The van der Waals surface area contributed by atoms with Gasteiger partial charge in [0.1, 0.15) is 5.76 Å². The molecule has 0 aliphatic carbocycles. The Bertz CT molecular complexity index is 1060. The first-order valence-corrected chi connectivity index (χ1v) is 10.7. The predicted octanol–water partition coefficient (Wildman–Crippen LogP) is 4.39. The van der Waals surface area contributed by atoms with Crippen LogP contribution in [0.1, 0.15) is 11.3 Å². The summed E-state index contributed by atoms with van der Waals surface area (Å²) in [5.74, 6) is 0.961. The molecule has 3 aromatic heterocycles. The predicted molar refractivity (Wildman–Crippen MR) is 110 cm³/mol. The molecule has 1 aromatic carbocycles. The molecular formula is C17H15N5O2S3. The van der Waals surface area contributed by atoms with Crippen molar-refractivity contribution >= 4 is 60.8 Å². The monoisotopic (exact) mass is 417 g/mol. The van der Waals surface area contributed by atoms with Crippen LogP contribution in [0.2, 0.25) is 0 Å². The van der Waals surface area contributed by atoms with Crippen molar-refractivity contribution in [3.63, 3.8) is 0 Å². The molecular weight excluding hydrogens is 402 g/mol. The lowest BCUT2D eigenvalue weighted by molar-refractivity contribution is -0.113. The third-order valence-electron chi connectivity index (χ3n) is 3.52. The first-order valence-electron chi connectivity index (χ1n) is 8.05. The molecule has 0 aliphatic heterocycles. The molecule has 4 rings (SSSR count). The lowest BCUT2D eigenvalue weighted by atomic mass is 10.2. The lowest BCUT2D eigenvalue weighted by Gasteiger charge is -1.99. The van der Waals surface area contributed by atoms with Gasteiger partial charge < -0.3 is 15.1 Å². The fraction of sp³-hybridized carbons (Fsp3) is 0.176. The Labute approximate surface area is 167 Å². The summed E-state index contributed by atoms with van der Waals surface area (Å²) in [6.45, 7) is 2.58. The molecule has 0 radical (unpaired) electrons. The van der Waals surface area contributed by atoms with E-state index >= 15 is 0 Å². The van der Waals surface area contributed by atoms with Crippen molar-refractivity contribution in [3.05, 3.63) is 47.9 Å². The maximum atomic E-state index is 12.2. The Balaban J connectivity index is 1.28. The van der Waals surface area contributed by atoms with Gasteiger partial charge in [0.05, 0.1) is 28.8 Å². The number of carbonyl (C=O) groups is 1. The van der Waals surface area contributed by atoms with E-state index in [2.05, 4.69) is 31.9 Å². The summed E-state index contributed by atoms with van der Waals surface area (Å²) in [6.07, 6.45) is 1.63. The number of fused-ring (bicyclic) bond motifs is 1. The van der Waals surface area contributed by atoms with Gasteiger partial charge in [-0.1, -0.05) is 40.5 Å². The summed E-state index contributed by atoms with van der Waals surface area (Å²) in [5, 5.41) is 15.4. The highest BCUT2D eigenvalue weighted by Gasteiger charge is 2.11. The van der Waals surface area contributed by atoms with E-state index < -0.39 is 0 Å². The Morgan fingerprint density at radius 3 is 3.00 bits per heavy atom. The molecule has 0 atom stereocenters. The number of thiazole rings is 1. The number of furan rings is 1. The van der Waals surface area contributed by atoms with E-state index in [1.54, 1.807) is 6.26 Å². The normalized spacial score (nSPS) is 11.0. The molecule has 4 aromatic rings. The number of nitrogens with one attached hydrogen (secondary N) is 2. The number of amides is 1. The number of hydrogen-bond acceptors (Lipinski definition) is 9. The van der Waals surface area contributed by atoms with Crippen LogP contribution in [0.3, 0.4) is 0 Å². The van der Waals surface area contributed by atoms with E-state index in [9.17, 15) is 4.79 Å². The number of nitrogens with zero attached hydrogens (tertiary/aromatic N) is 3. The first kappa shape index (κ1) is 18.0. The molecule has 27 heavy (non-hydrogen) atoms. The van der Waals surface area contributed by atoms with E-state index in [4.69, 9.17) is 4.42 Å². The standard InChI is InChI=1S/C17H15N5O2S3/c1-10-4-5-12-13(7-10)26-16(19-12)20-14(23)9-25-17-22-21-15(27-17)18-8-11-3-2-6-24-11/h2-7H,8-9H2,1H3,(H,18,21)(H,19,20,23). The van der Waals surface area contributed by atoms with E-state index in [1.165, 1.54) is 40.0 Å². The average Bonchev–Trinajstić information content (AvgIpc) is 3.38. The lowest BCUT2D eigenvalue weighted by Crippen LogP contribution is -2.13. The molecule has 138 valence electrons. The third-order valence-corrected chi connectivity index (χ3v) is 6.47. The van der Waals surface area contributed by atoms with Crippen molar-refractivity contribution in [2.45, 2.75) is 17.8 Å². The number of aromatic nitrogens is 3. The van der Waals surface area contributed by atoms with Crippen molar-refractivity contribution in [1.29, 1.82) is 0 Å². The van der Waals surface area contributed by atoms with Crippen LogP contribution in [-0.4, -0.2) is 26.8 Å². The second-order valence-corrected chi connectivity index (χ2v) is 8.86. The highest BCUT2D eigenvalue weighted by molar-refractivity contribution is 8.01. The smallest absolute Gasteiger partial charge is 0.236 e. The van der Waals surface area contributed by atoms with E-state index in [0.717, 1.165) is 20.3 Å². The summed E-state index contributed by atoms with van der Waals surface area (Å²) in [5.41, 5.74) is 2.07. The van der Waals surface area contributed by atoms with Gasteiger partial charge >= 0.3 is 0 Å². The summed E-state index contributed by atoms with van der Waals surface area (Å²) in [4.78, 5) is 16.6. The van der Waals surface area contributed by atoms with Crippen LogP contribution in [0.25, 0.3) is 10.2 Å². The molecule has 0 fully saturated rings. The van der Waals surface area contributed by atoms with Gasteiger partial charge in [-0.05, 0) is 36.8 Å². The number of carbonyl (C=O) groups excluding carboxylic acids is 1. The third kappa shape index (κ3) is 4.65. The van der Waals surface area contributed by atoms with Gasteiger partial charge in [0, 0.05) is 0 Å². The molecule has 3 heterocycles. The fourth-order valence-corrected chi connectivity index (χ4v) is 4.81. The van der Waals surface area contributed by atoms with Crippen LogP contribution in [0, 0.1) is 6.92 Å². The molecule has 0 saturated carbocycles. The molecule has 0 saturated heterocycles. The van der Waals surface area contributed by atoms with Gasteiger partial charge in [0.2, 0.25) is 11.0 Å². The van der Waals surface area contributed by atoms with Crippen LogP contribution in [0.5, 0.6) is 0 Å². The maximum absolute atomic E-state index is 12.2. The minimum absolute atomic E-state index is 0.115. The number of thioether (sulfide) groups is 1. The zero-order valence-corrected chi connectivity index (χ0v) is 16.7. The van der Waals surface area contributed by atoms with Gasteiger partial charge in [-0.25, -0.2) is 4.98 Å². The molecule has 0 bridgehead atoms. The SMILES string of the molecule is Cc1ccc2nc(NC(=O)CSc3nnc(NCc4ccco4)s3)sc2c1. The Hall–Kier alpha value is -2.43. The maximum Gasteiger partial charge on any atom is 0.236 e. The number of benzene rings is 1. The van der Waals surface area contributed by atoms with Gasteiger partial charge in [0.25, 0.3) is 0 Å². The van der Waals surface area contributed by atoms with Crippen molar-refractivity contribution in [3.8, 4) is 0 Å². The highest BCUT2D eigenvalue weighted by Crippen LogP contribution is 2.28. The zero-order chi connectivity index (χ0) is 18.6. The molecule has 0 spiro atoms. The van der Waals surface area contributed by atoms with Crippen LogP contribution in [0.4, 0.5) is 10.3 Å². The quantitative estimate of drug-likeness (QED) is 0.431. The van der Waals surface area contributed by atoms with Gasteiger partial charge in [0.15, 0.2) is 9.47 Å². The number of hydrogen-bond donors (Lipinski definition) is 2. The van der Waals surface area contributed by atoms with E-state index in [1.807, 2.05) is 31.2 Å². The van der Waals surface area contributed by atoms with Crippen LogP contribution >= 0.6 is 34.4 Å². The Kier molecular flexibility index (Phi) is 5.37. The van der Waals surface area contributed by atoms with Crippen LogP contribution in [-0.2, 0) is 11.3 Å². The first-order chi connectivity index (χ1) is 13.2. The Morgan fingerprint density at radius 1 is 1.22 bits per heavy atom. The highest BCUT2D eigenvalue weighted by atomic mass is 32.2. The summed E-state index contributed by atoms with van der Waals surface area (Å²) < 4.78 is 7.05. The number of rotatable bonds is 7. The van der Waals surface area contributed by atoms with Crippen molar-refractivity contribution in [1.82, 2.24) is 15.2 Å². The van der Waals surface area contributed by atoms with Crippen molar-refractivity contribution < 1.29 is 9.21 Å². The second-order valence-electron chi connectivity index (χ2n) is 5.63. The van der Waals surface area contributed by atoms with Crippen LogP contribution in [0.15, 0.2) is 45.4 Å². The molecule has 2 N–H and O–H groups in total. The largest absolute Gasteiger partial charge is 0.467 e. The van der Waals surface area contributed by atoms with E-state index in [0.29, 0.717) is 16.8 Å². The Morgan fingerprint density at radius 2 is 2.15 bits per heavy atom. The molecule has 0 aliphatic rings. The minimum atomic E-state index is -0.115.